The highest BCUT2D eigenvalue weighted by Gasteiger charge is 2.27. The zero-order chi connectivity index (χ0) is 9.14. The van der Waals surface area contributed by atoms with E-state index in [-0.39, 0.29) is 18.0 Å². The summed E-state index contributed by atoms with van der Waals surface area (Å²) in [7, 11) is 0. The van der Waals surface area contributed by atoms with Gasteiger partial charge in [-0.2, -0.15) is 0 Å². The fourth-order valence-corrected chi connectivity index (χ4v) is 1.39. The molecule has 3 unspecified atom stereocenters. The van der Waals surface area contributed by atoms with Gasteiger partial charge in [0.25, 0.3) is 0 Å². The average molecular weight is 168 g/mol. The Hall–Kier alpha value is -0.790. The maximum absolute atomic E-state index is 11.3. The van der Waals surface area contributed by atoms with Gasteiger partial charge >= 0.3 is 5.97 Å². The van der Waals surface area contributed by atoms with Gasteiger partial charge in [-0.05, 0) is 18.8 Å². The molecule has 0 aromatic carbocycles. The molecule has 1 aliphatic heterocycles. The lowest BCUT2D eigenvalue weighted by molar-refractivity contribution is -0.150. The van der Waals surface area contributed by atoms with Gasteiger partial charge in [-0.3, -0.25) is 4.79 Å². The first-order chi connectivity index (χ1) is 5.65. The average Bonchev–Trinajstić information content (AvgIpc) is 2.19. The summed E-state index contributed by atoms with van der Waals surface area (Å²) < 4.78 is 5.19. The van der Waals surface area contributed by atoms with E-state index < -0.39 is 0 Å². The number of carbonyl (C=O) groups excluding carboxylic acids is 1. The highest BCUT2D eigenvalue weighted by Crippen LogP contribution is 2.25. The first-order valence-electron chi connectivity index (χ1n) is 4.48. The van der Waals surface area contributed by atoms with Crippen LogP contribution in [0.2, 0.25) is 0 Å². The van der Waals surface area contributed by atoms with Crippen molar-refractivity contribution in [1.82, 2.24) is 0 Å². The third-order valence-corrected chi connectivity index (χ3v) is 2.66. The quantitative estimate of drug-likeness (QED) is 0.443. The van der Waals surface area contributed by atoms with Crippen LogP contribution in [0.5, 0.6) is 0 Å². The lowest BCUT2D eigenvalue weighted by Gasteiger charge is -2.12. The van der Waals surface area contributed by atoms with Crippen molar-refractivity contribution in [1.29, 1.82) is 0 Å². The second-order valence-corrected chi connectivity index (χ2v) is 3.55. The molecule has 0 aromatic heterocycles. The van der Waals surface area contributed by atoms with Crippen LogP contribution < -0.4 is 0 Å². The maximum atomic E-state index is 11.3. The van der Waals surface area contributed by atoms with Crippen LogP contribution in [0.4, 0.5) is 0 Å². The van der Waals surface area contributed by atoms with E-state index in [0.29, 0.717) is 5.92 Å². The molecule has 0 amide bonds. The molecule has 0 saturated carbocycles. The summed E-state index contributed by atoms with van der Waals surface area (Å²) in [5.41, 5.74) is 0. The fourth-order valence-electron chi connectivity index (χ4n) is 1.39. The summed E-state index contributed by atoms with van der Waals surface area (Å²) in [5, 5.41) is 0. The number of rotatable bonds is 1. The van der Waals surface area contributed by atoms with Crippen molar-refractivity contribution < 1.29 is 9.53 Å². The van der Waals surface area contributed by atoms with Crippen molar-refractivity contribution in [2.24, 2.45) is 11.8 Å². The molecule has 0 aromatic rings. The van der Waals surface area contributed by atoms with E-state index in [4.69, 9.17) is 4.74 Å². The molecule has 0 bridgehead atoms. The molecule has 0 aliphatic carbocycles. The summed E-state index contributed by atoms with van der Waals surface area (Å²) in [5.74, 6) is 0.391. The van der Waals surface area contributed by atoms with E-state index in [0.717, 1.165) is 12.8 Å². The van der Waals surface area contributed by atoms with E-state index in [9.17, 15) is 4.79 Å². The minimum Gasteiger partial charge on any atom is -0.458 e. The molecule has 1 aliphatic rings. The normalized spacial score (nSPS) is 36.8. The largest absolute Gasteiger partial charge is 0.458 e. The summed E-state index contributed by atoms with van der Waals surface area (Å²) in [4.78, 5) is 11.3. The predicted molar refractivity (Wildman–Crippen MR) is 47.6 cm³/mol. The Morgan fingerprint density at radius 3 is 2.75 bits per heavy atom. The van der Waals surface area contributed by atoms with Crippen LogP contribution in [0.3, 0.4) is 0 Å². The van der Waals surface area contributed by atoms with Crippen molar-refractivity contribution in [3.63, 3.8) is 0 Å². The van der Waals surface area contributed by atoms with Gasteiger partial charge < -0.3 is 4.74 Å². The van der Waals surface area contributed by atoms with Crippen LogP contribution in [0, 0.1) is 11.8 Å². The molecule has 0 spiro atoms. The summed E-state index contributed by atoms with van der Waals surface area (Å²) in [6.45, 7) is 7.66. The Bertz CT molecular complexity index is 186. The molecular formula is C10H16O2. The predicted octanol–water partition coefficient (Wildman–Crippen LogP) is 2.15. The van der Waals surface area contributed by atoms with E-state index in [2.05, 4.69) is 13.5 Å². The molecule has 0 radical (unpaired) electrons. The van der Waals surface area contributed by atoms with Gasteiger partial charge in [0.05, 0.1) is 5.92 Å². The summed E-state index contributed by atoms with van der Waals surface area (Å²) in [6, 6.07) is 0. The van der Waals surface area contributed by atoms with Gasteiger partial charge in [0, 0.05) is 0 Å². The summed E-state index contributed by atoms with van der Waals surface area (Å²) in [6.07, 6.45) is 3.61. The Morgan fingerprint density at radius 1 is 1.50 bits per heavy atom. The topological polar surface area (TPSA) is 26.3 Å². The molecule has 1 heterocycles. The van der Waals surface area contributed by atoms with Crippen molar-refractivity contribution in [2.45, 2.75) is 32.8 Å². The molecule has 0 N–H and O–H groups in total. The van der Waals surface area contributed by atoms with E-state index in [1.165, 1.54) is 0 Å². The first kappa shape index (κ1) is 9.30. The molecule has 1 fully saturated rings. The summed E-state index contributed by atoms with van der Waals surface area (Å²) >= 11 is 0. The Kier molecular flexibility index (Phi) is 2.90. The lowest BCUT2D eigenvalue weighted by atomic mass is 9.92. The zero-order valence-corrected chi connectivity index (χ0v) is 7.75. The van der Waals surface area contributed by atoms with Crippen LogP contribution in [0.15, 0.2) is 12.7 Å². The zero-order valence-electron chi connectivity index (χ0n) is 7.75. The standard InChI is InChI=1S/C10H16O2/c1-4-9-6-5-7(2)8(3)10(11)12-9/h4,7-9H,1,5-6H2,2-3H3. The third-order valence-electron chi connectivity index (χ3n) is 2.66. The van der Waals surface area contributed by atoms with Crippen LogP contribution in [0.1, 0.15) is 26.7 Å². The number of carbonyl (C=O) groups is 1. The van der Waals surface area contributed by atoms with E-state index in [1.807, 2.05) is 6.92 Å². The van der Waals surface area contributed by atoms with Gasteiger partial charge in [-0.1, -0.05) is 26.5 Å². The van der Waals surface area contributed by atoms with Crippen LogP contribution in [0.25, 0.3) is 0 Å². The molecule has 12 heavy (non-hydrogen) atoms. The SMILES string of the molecule is C=CC1CCC(C)C(C)C(=O)O1. The van der Waals surface area contributed by atoms with Crippen molar-refractivity contribution >= 4 is 5.97 Å². The van der Waals surface area contributed by atoms with Crippen molar-refractivity contribution in [3.8, 4) is 0 Å². The Balaban J connectivity index is 2.65. The highest BCUT2D eigenvalue weighted by molar-refractivity contribution is 5.72. The van der Waals surface area contributed by atoms with Gasteiger partial charge in [0.2, 0.25) is 0 Å². The fraction of sp³-hybridized carbons (Fsp3) is 0.700. The van der Waals surface area contributed by atoms with E-state index in [1.54, 1.807) is 6.08 Å². The number of esters is 1. The molecule has 1 saturated heterocycles. The van der Waals surface area contributed by atoms with Crippen molar-refractivity contribution in [3.05, 3.63) is 12.7 Å². The van der Waals surface area contributed by atoms with Gasteiger partial charge in [0.15, 0.2) is 0 Å². The highest BCUT2D eigenvalue weighted by atomic mass is 16.5. The molecule has 3 atom stereocenters. The Morgan fingerprint density at radius 2 is 2.17 bits per heavy atom. The number of hydrogen-bond donors (Lipinski definition) is 0. The minimum atomic E-state index is -0.0788. The first-order valence-corrected chi connectivity index (χ1v) is 4.48. The third kappa shape index (κ3) is 1.87. The van der Waals surface area contributed by atoms with Gasteiger partial charge in [-0.15, -0.1) is 0 Å². The molecule has 1 rings (SSSR count). The smallest absolute Gasteiger partial charge is 0.309 e. The van der Waals surface area contributed by atoms with Crippen LogP contribution in [-0.4, -0.2) is 12.1 Å². The number of ether oxygens (including phenoxy) is 1. The monoisotopic (exact) mass is 168 g/mol. The minimum absolute atomic E-state index is 0.0370. The molecular weight excluding hydrogens is 152 g/mol. The molecule has 2 nitrogen and oxygen atoms in total. The van der Waals surface area contributed by atoms with Crippen LogP contribution >= 0.6 is 0 Å². The second kappa shape index (κ2) is 3.74. The van der Waals surface area contributed by atoms with Gasteiger partial charge in [-0.25, -0.2) is 0 Å². The molecule has 2 heteroatoms. The number of cyclic esters (lactones) is 1. The molecule has 68 valence electrons. The van der Waals surface area contributed by atoms with Crippen molar-refractivity contribution in [2.75, 3.05) is 0 Å². The number of hydrogen-bond acceptors (Lipinski definition) is 2. The second-order valence-electron chi connectivity index (χ2n) is 3.55. The van der Waals surface area contributed by atoms with E-state index >= 15 is 0 Å². The Labute approximate surface area is 73.6 Å². The van der Waals surface area contributed by atoms with Gasteiger partial charge in [0.1, 0.15) is 6.10 Å². The maximum Gasteiger partial charge on any atom is 0.309 e. The van der Waals surface area contributed by atoms with Crippen LogP contribution in [-0.2, 0) is 9.53 Å². The lowest BCUT2D eigenvalue weighted by Crippen LogP contribution is -2.20.